The summed E-state index contributed by atoms with van der Waals surface area (Å²) in [7, 11) is 0. The summed E-state index contributed by atoms with van der Waals surface area (Å²) in [4.78, 5) is 11.2. The summed E-state index contributed by atoms with van der Waals surface area (Å²) in [5, 5.41) is 17.0. The lowest BCUT2D eigenvalue weighted by Gasteiger charge is -2.15. The van der Waals surface area contributed by atoms with Crippen molar-refractivity contribution in [2.24, 2.45) is 10.2 Å². The Kier molecular flexibility index (Phi) is 5.85. The molecule has 0 bridgehead atoms. The van der Waals surface area contributed by atoms with Gasteiger partial charge in [-0.3, -0.25) is 0 Å². The smallest absolute Gasteiger partial charge is 0.356 e. The highest BCUT2D eigenvalue weighted by molar-refractivity contribution is 5.86. The van der Waals surface area contributed by atoms with Crippen LogP contribution in [0, 0.1) is 0 Å². The SMILES string of the molecule is O=C(O)C1=CC(c2ccc(OCc3ccccc3)cc2OCc2ccccc2)N=N1. The van der Waals surface area contributed by atoms with E-state index in [1.807, 2.05) is 78.9 Å². The summed E-state index contributed by atoms with van der Waals surface area (Å²) >= 11 is 0. The maximum absolute atomic E-state index is 11.2. The molecule has 150 valence electrons. The van der Waals surface area contributed by atoms with Gasteiger partial charge in [-0.1, -0.05) is 60.7 Å². The monoisotopic (exact) mass is 400 g/mol. The molecule has 4 rings (SSSR count). The van der Waals surface area contributed by atoms with Gasteiger partial charge in [-0.05, 0) is 29.3 Å². The second kappa shape index (κ2) is 9.05. The summed E-state index contributed by atoms with van der Waals surface area (Å²) in [6.45, 7) is 0.805. The summed E-state index contributed by atoms with van der Waals surface area (Å²) in [6, 6.07) is 24.7. The van der Waals surface area contributed by atoms with Crippen LogP contribution in [0.2, 0.25) is 0 Å². The molecule has 30 heavy (non-hydrogen) atoms. The number of carboxylic acid groups (broad SMARTS) is 1. The van der Waals surface area contributed by atoms with Gasteiger partial charge in [-0.15, -0.1) is 5.11 Å². The molecule has 0 aliphatic carbocycles. The van der Waals surface area contributed by atoms with E-state index in [0.29, 0.717) is 24.7 Å². The molecule has 0 spiro atoms. The van der Waals surface area contributed by atoms with Crippen LogP contribution in [0.1, 0.15) is 22.7 Å². The fraction of sp³-hybridized carbons (Fsp3) is 0.125. The third kappa shape index (κ3) is 4.72. The van der Waals surface area contributed by atoms with Crippen LogP contribution in [0.15, 0.2) is 101 Å². The minimum absolute atomic E-state index is 0.0709. The molecule has 0 aromatic heterocycles. The number of ether oxygens (including phenoxy) is 2. The first-order valence-corrected chi connectivity index (χ1v) is 9.52. The zero-order chi connectivity index (χ0) is 20.8. The minimum Gasteiger partial charge on any atom is -0.489 e. The highest BCUT2D eigenvalue weighted by Gasteiger charge is 2.23. The molecular weight excluding hydrogens is 380 g/mol. The highest BCUT2D eigenvalue weighted by atomic mass is 16.5. The lowest BCUT2D eigenvalue weighted by molar-refractivity contribution is -0.132. The van der Waals surface area contributed by atoms with E-state index in [2.05, 4.69) is 10.2 Å². The molecule has 1 aliphatic heterocycles. The molecule has 1 aliphatic rings. The van der Waals surface area contributed by atoms with Gasteiger partial charge >= 0.3 is 5.97 Å². The number of aliphatic carboxylic acids is 1. The number of carbonyl (C=O) groups is 1. The maximum Gasteiger partial charge on any atom is 0.356 e. The first-order chi connectivity index (χ1) is 14.7. The van der Waals surface area contributed by atoms with Crippen molar-refractivity contribution >= 4 is 5.97 Å². The summed E-state index contributed by atoms with van der Waals surface area (Å²) < 4.78 is 12.0. The molecular formula is C24H20N2O4. The quantitative estimate of drug-likeness (QED) is 0.555. The van der Waals surface area contributed by atoms with Crippen LogP contribution in [0.5, 0.6) is 11.5 Å². The fourth-order valence-electron chi connectivity index (χ4n) is 3.06. The summed E-state index contributed by atoms with van der Waals surface area (Å²) in [5.41, 5.74) is 2.75. The fourth-order valence-corrected chi connectivity index (χ4v) is 3.06. The summed E-state index contributed by atoms with van der Waals surface area (Å²) in [5.74, 6) is 0.134. The van der Waals surface area contributed by atoms with Crippen LogP contribution in [0.25, 0.3) is 0 Å². The molecule has 3 aromatic carbocycles. The van der Waals surface area contributed by atoms with Gasteiger partial charge in [-0.2, -0.15) is 5.11 Å². The molecule has 0 saturated heterocycles. The number of rotatable bonds is 8. The van der Waals surface area contributed by atoms with Gasteiger partial charge in [0.2, 0.25) is 0 Å². The Hall–Kier alpha value is -3.93. The van der Waals surface area contributed by atoms with Crippen molar-refractivity contribution in [1.29, 1.82) is 0 Å². The van der Waals surface area contributed by atoms with E-state index in [0.717, 1.165) is 16.7 Å². The van der Waals surface area contributed by atoms with E-state index in [1.54, 1.807) is 0 Å². The largest absolute Gasteiger partial charge is 0.489 e. The molecule has 0 amide bonds. The number of hydrogen-bond acceptors (Lipinski definition) is 5. The van der Waals surface area contributed by atoms with Crippen molar-refractivity contribution in [2.75, 3.05) is 0 Å². The second-order valence-electron chi connectivity index (χ2n) is 6.77. The topological polar surface area (TPSA) is 80.5 Å². The predicted octanol–water partition coefficient (Wildman–Crippen LogP) is 5.32. The van der Waals surface area contributed by atoms with Crippen molar-refractivity contribution in [3.05, 3.63) is 107 Å². The predicted molar refractivity (Wildman–Crippen MR) is 111 cm³/mol. The van der Waals surface area contributed by atoms with Gasteiger partial charge in [0.15, 0.2) is 5.70 Å². The van der Waals surface area contributed by atoms with E-state index in [4.69, 9.17) is 14.6 Å². The van der Waals surface area contributed by atoms with E-state index < -0.39 is 12.0 Å². The van der Waals surface area contributed by atoms with Gasteiger partial charge in [0.05, 0.1) is 0 Å². The van der Waals surface area contributed by atoms with Gasteiger partial charge in [0.25, 0.3) is 0 Å². The van der Waals surface area contributed by atoms with Crippen LogP contribution in [0.4, 0.5) is 0 Å². The molecule has 1 unspecified atom stereocenters. The van der Waals surface area contributed by atoms with E-state index in [1.165, 1.54) is 6.08 Å². The van der Waals surface area contributed by atoms with Gasteiger partial charge in [0, 0.05) is 11.6 Å². The number of carboxylic acids is 1. The van der Waals surface area contributed by atoms with Crippen molar-refractivity contribution in [2.45, 2.75) is 19.3 Å². The number of nitrogens with zero attached hydrogens (tertiary/aromatic N) is 2. The van der Waals surface area contributed by atoms with Crippen LogP contribution < -0.4 is 9.47 Å². The molecule has 6 heteroatoms. The Morgan fingerprint density at radius 2 is 1.50 bits per heavy atom. The van der Waals surface area contributed by atoms with Gasteiger partial charge < -0.3 is 14.6 Å². The first-order valence-electron chi connectivity index (χ1n) is 9.52. The Bertz CT molecular complexity index is 1080. The Balaban J connectivity index is 1.57. The number of azo groups is 1. The van der Waals surface area contributed by atoms with E-state index in [9.17, 15) is 4.79 Å². The van der Waals surface area contributed by atoms with Crippen LogP contribution >= 0.6 is 0 Å². The highest BCUT2D eigenvalue weighted by Crippen LogP contribution is 2.36. The third-order valence-corrected chi connectivity index (χ3v) is 4.61. The van der Waals surface area contributed by atoms with Gasteiger partial charge in [0.1, 0.15) is 30.8 Å². The molecule has 1 N–H and O–H groups in total. The molecule has 3 aromatic rings. The second-order valence-corrected chi connectivity index (χ2v) is 6.77. The average molecular weight is 400 g/mol. The van der Waals surface area contributed by atoms with Crippen molar-refractivity contribution in [1.82, 2.24) is 0 Å². The lowest BCUT2D eigenvalue weighted by atomic mass is 10.1. The Morgan fingerprint density at radius 1 is 0.867 bits per heavy atom. The summed E-state index contributed by atoms with van der Waals surface area (Å²) in [6.07, 6.45) is 1.51. The average Bonchev–Trinajstić information content (AvgIpc) is 3.28. The lowest BCUT2D eigenvalue weighted by Crippen LogP contribution is -2.02. The molecule has 6 nitrogen and oxygen atoms in total. The number of benzene rings is 3. The Labute approximate surface area is 174 Å². The zero-order valence-electron chi connectivity index (χ0n) is 16.1. The Morgan fingerprint density at radius 3 is 2.10 bits per heavy atom. The van der Waals surface area contributed by atoms with Crippen LogP contribution in [-0.4, -0.2) is 11.1 Å². The van der Waals surface area contributed by atoms with E-state index >= 15 is 0 Å². The number of hydrogen-bond donors (Lipinski definition) is 1. The van der Waals surface area contributed by atoms with Crippen LogP contribution in [0.3, 0.4) is 0 Å². The van der Waals surface area contributed by atoms with Crippen LogP contribution in [-0.2, 0) is 18.0 Å². The normalized spacial score (nSPS) is 14.9. The van der Waals surface area contributed by atoms with E-state index in [-0.39, 0.29) is 5.70 Å². The third-order valence-electron chi connectivity index (χ3n) is 4.61. The standard InChI is InChI=1S/C24H20N2O4/c27-24(28)22-14-21(25-26-22)20-12-11-19(29-15-17-7-3-1-4-8-17)13-23(20)30-16-18-9-5-2-6-10-18/h1-14,21H,15-16H2,(H,27,28). The minimum atomic E-state index is -1.10. The van der Waals surface area contributed by atoms with Crippen molar-refractivity contribution in [3.8, 4) is 11.5 Å². The van der Waals surface area contributed by atoms with Gasteiger partial charge in [-0.25, -0.2) is 4.79 Å². The zero-order valence-corrected chi connectivity index (χ0v) is 16.1. The molecule has 0 fully saturated rings. The molecule has 1 heterocycles. The first kappa shape index (κ1) is 19.4. The van der Waals surface area contributed by atoms with Crippen molar-refractivity contribution in [3.63, 3.8) is 0 Å². The molecule has 0 radical (unpaired) electrons. The molecule has 1 atom stereocenters. The maximum atomic E-state index is 11.2. The molecule has 0 saturated carbocycles. The van der Waals surface area contributed by atoms with Crippen molar-refractivity contribution < 1.29 is 19.4 Å².